The standard InChI is InChI=1S/C12H12N4O/c1-3-17-11-6-4-10(5-7-11)16-14-9(2)12(8-13)15-16/h4-7H,3H2,1-2H3. The minimum absolute atomic E-state index is 0.346. The van der Waals surface area contributed by atoms with E-state index in [2.05, 4.69) is 10.2 Å². The zero-order valence-corrected chi connectivity index (χ0v) is 9.71. The van der Waals surface area contributed by atoms with Gasteiger partial charge in [-0.05, 0) is 38.1 Å². The highest BCUT2D eigenvalue weighted by Gasteiger charge is 2.07. The highest BCUT2D eigenvalue weighted by Crippen LogP contribution is 2.14. The molecule has 0 radical (unpaired) electrons. The monoisotopic (exact) mass is 228 g/mol. The summed E-state index contributed by atoms with van der Waals surface area (Å²) >= 11 is 0. The van der Waals surface area contributed by atoms with Gasteiger partial charge >= 0.3 is 0 Å². The number of benzene rings is 1. The third-order valence-electron chi connectivity index (χ3n) is 2.27. The lowest BCUT2D eigenvalue weighted by atomic mass is 10.3. The summed E-state index contributed by atoms with van der Waals surface area (Å²) in [4.78, 5) is 1.45. The summed E-state index contributed by atoms with van der Waals surface area (Å²) in [7, 11) is 0. The number of nitriles is 1. The van der Waals surface area contributed by atoms with E-state index in [1.54, 1.807) is 6.92 Å². The van der Waals surface area contributed by atoms with Crippen LogP contribution in [0.4, 0.5) is 0 Å². The SMILES string of the molecule is CCOc1ccc(-n2nc(C)c(C#N)n2)cc1. The second-order valence-corrected chi connectivity index (χ2v) is 3.46. The number of rotatable bonds is 3. The lowest BCUT2D eigenvalue weighted by molar-refractivity contribution is 0.340. The molecule has 0 amide bonds. The molecule has 0 N–H and O–H groups in total. The molecule has 0 spiro atoms. The predicted octanol–water partition coefficient (Wildman–Crippen LogP) is 1.85. The van der Waals surface area contributed by atoms with Crippen molar-refractivity contribution in [1.29, 1.82) is 5.26 Å². The van der Waals surface area contributed by atoms with Crippen LogP contribution in [0.15, 0.2) is 24.3 Å². The first-order valence-electron chi connectivity index (χ1n) is 5.32. The first kappa shape index (κ1) is 11.1. The summed E-state index contributed by atoms with van der Waals surface area (Å²) < 4.78 is 5.34. The van der Waals surface area contributed by atoms with Crippen LogP contribution in [0.2, 0.25) is 0 Å². The normalized spacial score (nSPS) is 9.94. The number of hydrogen-bond acceptors (Lipinski definition) is 4. The van der Waals surface area contributed by atoms with Crippen molar-refractivity contribution in [2.24, 2.45) is 0 Å². The quantitative estimate of drug-likeness (QED) is 0.804. The maximum atomic E-state index is 8.81. The molecule has 0 atom stereocenters. The molecule has 1 aromatic carbocycles. The van der Waals surface area contributed by atoms with E-state index >= 15 is 0 Å². The van der Waals surface area contributed by atoms with Gasteiger partial charge < -0.3 is 4.74 Å². The zero-order valence-electron chi connectivity index (χ0n) is 9.71. The number of aryl methyl sites for hydroxylation is 1. The third kappa shape index (κ3) is 2.26. The Labute approximate surface area is 99.2 Å². The molecule has 2 aromatic rings. The van der Waals surface area contributed by atoms with Gasteiger partial charge in [-0.15, -0.1) is 5.10 Å². The fraction of sp³-hybridized carbons (Fsp3) is 0.250. The first-order valence-corrected chi connectivity index (χ1v) is 5.32. The van der Waals surface area contributed by atoms with Crippen molar-refractivity contribution in [1.82, 2.24) is 15.0 Å². The summed E-state index contributed by atoms with van der Waals surface area (Å²) in [6.45, 7) is 4.33. The van der Waals surface area contributed by atoms with Gasteiger partial charge in [0.05, 0.1) is 18.0 Å². The van der Waals surface area contributed by atoms with Gasteiger partial charge in [-0.3, -0.25) is 0 Å². The number of aromatic nitrogens is 3. The minimum Gasteiger partial charge on any atom is -0.494 e. The van der Waals surface area contributed by atoms with Crippen molar-refractivity contribution in [3.05, 3.63) is 35.7 Å². The highest BCUT2D eigenvalue weighted by atomic mass is 16.5. The molecule has 17 heavy (non-hydrogen) atoms. The molecule has 0 unspecified atom stereocenters. The van der Waals surface area contributed by atoms with Gasteiger partial charge in [0.1, 0.15) is 11.8 Å². The molecule has 1 aromatic heterocycles. The van der Waals surface area contributed by atoms with E-state index in [9.17, 15) is 0 Å². The summed E-state index contributed by atoms with van der Waals surface area (Å²) in [5, 5.41) is 17.1. The molecule has 0 aliphatic carbocycles. The molecule has 0 fully saturated rings. The maximum absolute atomic E-state index is 8.81. The lowest BCUT2D eigenvalue weighted by Crippen LogP contribution is -1.99. The topological polar surface area (TPSA) is 63.7 Å². The van der Waals surface area contributed by atoms with Crippen molar-refractivity contribution < 1.29 is 4.74 Å². The average molecular weight is 228 g/mol. The largest absolute Gasteiger partial charge is 0.494 e. The van der Waals surface area contributed by atoms with Gasteiger partial charge in [0.2, 0.25) is 0 Å². The van der Waals surface area contributed by atoms with Gasteiger partial charge in [-0.2, -0.15) is 15.2 Å². The Hall–Kier alpha value is -2.35. The van der Waals surface area contributed by atoms with Crippen LogP contribution in [-0.4, -0.2) is 21.6 Å². The van der Waals surface area contributed by atoms with E-state index in [-0.39, 0.29) is 0 Å². The highest BCUT2D eigenvalue weighted by molar-refractivity contribution is 5.36. The van der Waals surface area contributed by atoms with Crippen molar-refractivity contribution in [3.63, 3.8) is 0 Å². The van der Waals surface area contributed by atoms with Crippen LogP contribution in [0.3, 0.4) is 0 Å². The summed E-state index contributed by atoms with van der Waals surface area (Å²) in [6, 6.07) is 9.41. The van der Waals surface area contributed by atoms with Crippen molar-refractivity contribution in [3.8, 4) is 17.5 Å². The second kappa shape index (κ2) is 4.66. The fourth-order valence-corrected chi connectivity index (χ4v) is 1.44. The second-order valence-electron chi connectivity index (χ2n) is 3.46. The van der Waals surface area contributed by atoms with Crippen LogP contribution in [0.5, 0.6) is 5.75 Å². The van der Waals surface area contributed by atoms with Crippen molar-refractivity contribution in [2.45, 2.75) is 13.8 Å². The van der Waals surface area contributed by atoms with E-state index in [1.807, 2.05) is 37.3 Å². The molecule has 2 rings (SSSR count). The van der Waals surface area contributed by atoms with Gasteiger partial charge in [0.15, 0.2) is 5.69 Å². The van der Waals surface area contributed by atoms with Gasteiger partial charge in [-0.1, -0.05) is 0 Å². The van der Waals surface area contributed by atoms with Crippen molar-refractivity contribution >= 4 is 0 Å². The molecular formula is C12H12N4O. The van der Waals surface area contributed by atoms with Gasteiger partial charge in [-0.25, -0.2) is 0 Å². The van der Waals surface area contributed by atoms with Gasteiger partial charge in [0, 0.05) is 0 Å². The Morgan fingerprint density at radius 3 is 2.53 bits per heavy atom. The van der Waals surface area contributed by atoms with Crippen LogP contribution in [-0.2, 0) is 0 Å². The van der Waals surface area contributed by atoms with E-state index < -0.39 is 0 Å². The third-order valence-corrected chi connectivity index (χ3v) is 2.27. The van der Waals surface area contributed by atoms with Crippen LogP contribution < -0.4 is 4.74 Å². The zero-order chi connectivity index (χ0) is 12.3. The number of nitrogens with zero attached hydrogens (tertiary/aromatic N) is 4. The summed E-state index contributed by atoms with van der Waals surface area (Å²) in [6.07, 6.45) is 0. The minimum atomic E-state index is 0.346. The van der Waals surface area contributed by atoms with Gasteiger partial charge in [0.25, 0.3) is 0 Å². The van der Waals surface area contributed by atoms with E-state index in [0.29, 0.717) is 18.0 Å². The Morgan fingerprint density at radius 1 is 1.29 bits per heavy atom. The molecule has 1 heterocycles. The maximum Gasteiger partial charge on any atom is 0.186 e. The Morgan fingerprint density at radius 2 is 2.00 bits per heavy atom. The summed E-state index contributed by atoms with van der Waals surface area (Å²) in [5.74, 6) is 0.806. The van der Waals surface area contributed by atoms with Crippen LogP contribution in [0.25, 0.3) is 5.69 Å². The van der Waals surface area contributed by atoms with Crippen LogP contribution in [0.1, 0.15) is 18.3 Å². The molecule has 0 saturated carbocycles. The average Bonchev–Trinajstić information content (AvgIpc) is 2.72. The predicted molar refractivity (Wildman–Crippen MR) is 62.0 cm³/mol. The molecule has 0 aliphatic rings. The molecule has 86 valence electrons. The molecule has 0 bridgehead atoms. The lowest BCUT2D eigenvalue weighted by Gasteiger charge is -2.03. The smallest absolute Gasteiger partial charge is 0.186 e. The van der Waals surface area contributed by atoms with Crippen LogP contribution >= 0.6 is 0 Å². The molecule has 5 heteroatoms. The number of ether oxygens (including phenoxy) is 1. The Balaban J connectivity index is 2.30. The fourth-order valence-electron chi connectivity index (χ4n) is 1.44. The van der Waals surface area contributed by atoms with E-state index in [4.69, 9.17) is 10.00 Å². The molecular weight excluding hydrogens is 216 g/mol. The first-order chi connectivity index (χ1) is 8.24. The Kier molecular flexibility index (Phi) is 3.06. The molecule has 5 nitrogen and oxygen atoms in total. The molecule has 0 saturated heterocycles. The summed E-state index contributed by atoms with van der Waals surface area (Å²) in [5.41, 5.74) is 1.78. The molecule has 0 aliphatic heterocycles. The Bertz CT molecular complexity index is 551. The van der Waals surface area contributed by atoms with E-state index in [0.717, 1.165) is 11.4 Å². The van der Waals surface area contributed by atoms with Crippen molar-refractivity contribution in [2.75, 3.05) is 6.61 Å². The van der Waals surface area contributed by atoms with E-state index in [1.165, 1.54) is 4.80 Å². The van der Waals surface area contributed by atoms with Crippen LogP contribution in [0, 0.1) is 18.3 Å². The number of hydrogen-bond donors (Lipinski definition) is 0.